The summed E-state index contributed by atoms with van der Waals surface area (Å²) < 4.78 is 6.10. The van der Waals surface area contributed by atoms with E-state index in [1.807, 2.05) is 13.0 Å². The molecule has 0 unspecified atom stereocenters. The number of nitrogens with zero attached hydrogens (tertiary/aromatic N) is 1. The summed E-state index contributed by atoms with van der Waals surface area (Å²) in [6.07, 6.45) is 0. The molecule has 2 heteroatoms. The maximum Gasteiger partial charge on any atom is 0.362 e. The Labute approximate surface area is 132 Å². The number of benzene rings is 2. The number of hydrogen-bond acceptors (Lipinski definition) is 1. The highest BCUT2D eigenvalue weighted by molar-refractivity contribution is 5.85. The van der Waals surface area contributed by atoms with Gasteiger partial charge in [-0.1, -0.05) is 30.3 Å². The molecule has 0 radical (unpaired) electrons. The minimum atomic E-state index is 0.946. The van der Waals surface area contributed by atoms with Crippen LogP contribution in [0.2, 0.25) is 0 Å². The largest absolute Gasteiger partial charge is 0.372 e. The highest BCUT2D eigenvalue weighted by Gasteiger charge is 2.17. The van der Waals surface area contributed by atoms with Gasteiger partial charge in [-0.25, -0.2) is 4.42 Å². The van der Waals surface area contributed by atoms with Crippen LogP contribution in [0.5, 0.6) is 0 Å². The normalized spacial score (nSPS) is 10.9. The topological polar surface area (TPSA) is 14.5 Å². The van der Waals surface area contributed by atoms with E-state index in [-0.39, 0.29) is 0 Å². The standard InChI is InChI=1S/C20H22NO/c1-4-21(5-2)18-12-11-17-13-19(15(3)22-20(17)14-18)16-9-7-6-8-10-16/h6-14H,4-5H2,1-3H3/q+1. The van der Waals surface area contributed by atoms with Gasteiger partial charge in [0.1, 0.15) is 0 Å². The van der Waals surface area contributed by atoms with Crippen molar-refractivity contribution in [1.82, 2.24) is 0 Å². The highest BCUT2D eigenvalue weighted by Crippen LogP contribution is 2.30. The molecule has 1 aromatic heterocycles. The van der Waals surface area contributed by atoms with Gasteiger partial charge in [-0.15, -0.1) is 0 Å². The van der Waals surface area contributed by atoms with Gasteiger partial charge in [-0.3, -0.25) is 0 Å². The SMILES string of the molecule is CCN(CC)c1ccc2cc(-c3ccccc3)c(C)[o+]c2c1. The summed E-state index contributed by atoms with van der Waals surface area (Å²) in [5.41, 5.74) is 4.51. The van der Waals surface area contributed by atoms with Crippen molar-refractivity contribution in [3.63, 3.8) is 0 Å². The zero-order valence-electron chi connectivity index (χ0n) is 13.5. The molecule has 2 aromatic carbocycles. The van der Waals surface area contributed by atoms with Crippen LogP contribution in [0.3, 0.4) is 0 Å². The molecule has 0 atom stereocenters. The summed E-state index contributed by atoms with van der Waals surface area (Å²) in [6.45, 7) is 8.39. The first-order chi connectivity index (χ1) is 10.7. The van der Waals surface area contributed by atoms with E-state index in [1.54, 1.807) is 0 Å². The third-order valence-corrected chi connectivity index (χ3v) is 4.15. The Morgan fingerprint density at radius 2 is 1.64 bits per heavy atom. The molecule has 2 nitrogen and oxygen atoms in total. The number of aryl methyl sites for hydroxylation is 1. The lowest BCUT2D eigenvalue weighted by Crippen LogP contribution is -2.21. The third kappa shape index (κ3) is 2.69. The summed E-state index contributed by atoms with van der Waals surface area (Å²) in [4.78, 5) is 2.33. The first-order valence-corrected chi connectivity index (χ1v) is 7.90. The molecule has 112 valence electrons. The summed E-state index contributed by atoms with van der Waals surface area (Å²) in [5, 5.41) is 1.14. The molecular formula is C20H22NO+. The molecule has 1 heterocycles. The Kier molecular flexibility index (Phi) is 4.10. The predicted molar refractivity (Wildman–Crippen MR) is 94.4 cm³/mol. The molecule has 0 fully saturated rings. The summed E-state index contributed by atoms with van der Waals surface area (Å²) in [6, 6.07) is 19.1. The average Bonchev–Trinajstić information content (AvgIpc) is 2.56. The van der Waals surface area contributed by atoms with Crippen LogP contribution in [-0.4, -0.2) is 13.1 Å². The third-order valence-electron chi connectivity index (χ3n) is 4.15. The van der Waals surface area contributed by atoms with Crippen molar-refractivity contribution in [2.75, 3.05) is 18.0 Å². The van der Waals surface area contributed by atoms with Gasteiger partial charge in [-0.2, -0.15) is 0 Å². The van der Waals surface area contributed by atoms with Crippen LogP contribution in [0.15, 0.2) is 59.0 Å². The second kappa shape index (κ2) is 6.18. The maximum absolute atomic E-state index is 6.10. The minimum absolute atomic E-state index is 0.946. The van der Waals surface area contributed by atoms with E-state index in [0.717, 1.165) is 35.4 Å². The zero-order valence-corrected chi connectivity index (χ0v) is 13.5. The molecular weight excluding hydrogens is 270 g/mol. The Morgan fingerprint density at radius 1 is 0.909 bits per heavy atom. The van der Waals surface area contributed by atoms with E-state index in [9.17, 15) is 0 Å². The van der Waals surface area contributed by atoms with Crippen LogP contribution >= 0.6 is 0 Å². The van der Waals surface area contributed by atoms with E-state index in [0.29, 0.717) is 0 Å². The van der Waals surface area contributed by atoms with E-state index in [4.69, 9.17) is 4.42 Å². The van der Waals surface area contributed by atoms with E-state index >= 15 is 0 Å². The molecule has 3 rings (SSSR count). The molecule has 22 heavy (non-hydrogen) atoms. The second-order valence-electron chi connectivity index (χ2n) is 5.48. The predicted octanol–water partition coefficient (Wildman–Crippen LogP) is 5.54. The summed E-state index contributed by atoms with van der Waals surface area (Å²) in [5.74, 6) is 0.954. The smallest absolute Gasteiger partial charge is 0.362 e. The van der Waals surface area contributed by atoms with Gasteiger partial charge in [0, 0.05) is 18.8 Å². The van der Waals surface area contributed by atoms with Gasteiger partial charge >= 0.3 is 11.3 Å². The van der Waals surface area contributed by atoms with Crippen LogP contribution in [0.1, 0.15) is 19.6 Å². The molecule has 0 aliphatic rings. The van der Waals surface area contributed by atoms with Gasteiger partial charge in [0.25, 0.3) is 0 Å². The lowest BCUT2D eigenvalue weighted by atomic mass is 10.0. The Morgan fingerprint density at radius 3 is 2.32 bits per heavy atom. The molecule has 0 aliphatic carbocycles. The van der Waals surface area contributed by atoms with Crippen molar-refractivity contribution in [3.8, 4) is 11.1 Å². The fourth-order valence-corrected chi connectivity index (χ4v) is 2.90. The van der Waals surface area contributed by atoms with Gasteiger partial charge in [-0.05, 0) is 37.6 Å². The zero-order chi connectivity index (χ0) is 15.5. The highest BCUT2D eigenvalue weighted by atomic mass is 16.3. The van der Waals surface area contributed by atoms with Gasteiger partial charge in [0.2, 0.25) is 0 Å². The van der Waals surface area contributed by atoms with Crippen molar-refractivity contribution >= 4 is 16.7 Å². The first-order valence-electron chi connectivity index (χ1n) is 7.90. The first kappa shape index (κ1) is 14.6. The minimum Gasteiger partial charge on any atom is -0.372 e. The van der Waals surface area contributed by atoms with Gasteiger partial charge in [0.05, 0.1) is 23.9 Å². The molecule has 0 saturated carbocycles. The fraction of sp³-hybridized carbons (Fsp3) is 0.250. The molecule has 0 spiro atoms. The lowest BCUT2D eigenvalue weighted by molar-refractivity contribution is 0.568. The monoisotopic (exact) mass is 292 g/mol. The van der Waals surface area contributed by atoms with Crippen LogP contribution in [0.4, 0.5) is 5.69 Å². The summed E-state index contributed by atoms with van der Waals surface area (Å²) >= 11 is 0. The quantitative estimate of drug-likeness (QED) is 0.587. The molecule has 0 bridgehead atoms. The molecule has 0 N–H and O–H groups in total. The fourth-order valence-electron chi connectivity index (χ4n) is 2.90. The van der Waals surface area contributed by atoms with E-state index in [2.05, 4.69) is 67.3 Å². The van der Waals surface area contributed by atoms with Crippen LogP contribution in [0, 0.1) is 6.92 Å². The number of hydrogen-bond donors (Lipinski definition) is 0. The van der Waals surface area contributed by atoms with Crippen molar-refractivity contribution in [1.29, 1.82) is 0 Å². The van der Waals surface area contributed by atoms with E-state index in [1.165, 1.54) is 11.3 Å². The Hall–Kier alpha value is -2.35. The van der Waals surface area contributed by atoms with Gasteiger partial charge in [0.15, 0.2) is 0 Å². The average molecular weight is 292 g/mol. The number of rotatable bonds is 4. The molecule has 0 saturated heterocycles. The molecule has 0 amide bonds. The van der Waals surface area contributed by atoms with Crippen LogP contribution < -0.4 is 4.90 Å². The molecule has 0 aliphatic heterocycles. The van der Waals surface area contributed by atoms with Crippen molar-refractivity contribution < 1.29 is 4.42 Å². The van der Waals surface area contributed by atoms with Crippen LogP contribution in [-0.2, 0) is 0 Å². The number of anilines is 1. The van der Waals surface area contributed by atoms with Crippen molar-refractivity contribution in [2.45, 2.75) is 20.8 Å². The van der Waals surface area contributed by atoms with Crippen molar-refractivity contribution in [2.24, 2.45) is 0 Å². The summed E-state index contributed by atoms with van der Waals surface area (Å²) in [7, 11) is 0. The maximum atomic E-state index is 6.10. The van der Waals surface area contributed by atoms with E-state index < -0.39 is 0 Å². The van der Waals surface area contributed by atoms with Gasteiger partial charge < -0.3 is 4.90 Å². The Balaban J connectivity index is 2.10. The molecule has 3 aromatic rings. The lowest BCUT2D eigenvalue weighted by Gasteiger charge is -2.20. The van der Waals surface area contributed by atoms with Crippen LogP contribution in [0.25, 0.3) is 22.1 Å². The van der Waals surface area contributed by atoms with Crippen molar-refractivity contribution in [3.05, 3.63) is 60.4 Å². The second-order valence-corrected chi connectivity index (χ2v) is 5.48. The number of fused-ring (bicyclic) bond motifs is 1. The Bertz CT molecular complexity index is 776.